The average Bonchev–Trinajstić information content (AvgIpc) is 3.40. The third-order valence-corrected chi connectivity index (χ3v) is 4.29. The number of carboxylic acid groups (broad SMARTS) is 1. The Morgan fingerprint density at radius 1 is 1.18 bits per heavy atom. The zero-order valence-electron chi connectivity index (χ0n) is 14.3. The number of alkyl halides is 3. The average molecular weight is 389 g/mol. The number of pyridine rings is 1. The second-order valence-electron chi connectivity index (χ2n) is 6.36. The summed E-state index contributed by atoms with van der Waals surface area (Å²) in [6.45, 7) is 0. The first-order chi connectivity index (χ1) is 13.3. The Hall–Kier alpha value is -3.36. The highest BCUT2D eigenvalue weighted by atomic mass is 19.4. The molecule has 0 unspecified atom stereocenters. The summed E-state index contributed by atoms with van der Waals surface area (Å²) in [5.41, 5.74) is 1.08. The predicted octanol–water partition coefficient (Wildman–Crippen LogP) is 4.54. The number of carbonyl (C=O) groups is 1. The zero-order chi connectivity index (χ0) is 19.9. The van der Waals surface area contributed by atoms with Gasteiger partial charge in [0, 0.05) is 29.6 Å². The summed E-state index contributed by atoms with van der Waals surface area (Å²) in [6, 6.07) is 8.65. The van der Waals surface area contributed by atoms with Crippen LogP contribution < -0.4 is 4.74 Å². The number of aromatic nitrogens is 3. The molecule has 1 aliphatic rings. The minimum Gasteiger partial charge on any atom is -0.477 e. The maximum atomic E-state index is 12.6. The molecule has 6 nitrogen and oxygen atoms in total. The SMILES string of the molecule is O=C(O)c1c(-c2cccnc2)nc(-c2cccc(OC(F)(F)F)c2)n1C1CC1. The van der Waals surface area contributed by atoms with Crippen molar-refractivity contribution >= 4 is 5.97 Å². The van der Waals surface area contributed by atoms with Crippen LogP contribution in [0.15, 0.2) is 48.8 Å². The number of carboxylic acids is 1. The molecule has 0 amide bonds. The first-order valence-corrected chi connectivity index (χ1v) is 8.45. The third kappa shape index (κ3) is 3.55. The first-order valence-electron chi connectivity index (χ1n) is 8.45. The van der Waals surface area contributed by atoms with E-state index < -0.39 is 18.1 Å². The number of nitrogens with zero attached hydrogens (tertiary/aromatic N) is 3. The van der Waals surface area contributed by atoms with Gasteiger partial charge in [0.15, 0.2) is 5.69 Å². The molecule has 0 aliphatic heterocycles. The molecule has 0 spiro atoms. The summed E-state index contributed by atoms with van der Waals surface area (Å²) in [5.74, 6) is -1.27. The molecule has 28 heavy (non-hydrogen) atoms. The quantitative estimate of drug-likeness (QED) is 0.693. The second kappa shape index (κ2) is 6.66. The van der Waals surface area contributed by atoms with E-state index in [1.54, 1.807) is 29.0 Å². The molecule has 4 rings (SSSR count). The summed E-state index contributed by atoms with van der Waals surface area (Å²) in [5, 5.41) is 9.80. The lowest BCUT2D eigenvalue weighted by molar-refractivity contribution is -0.274. The molecule has 1 aromatic carbocycles. The Labute approximate surface area is 157 Å². The third-order valence-electron chi connectivity index (χ3n) is 4.29. The van der Waals surface area contributed by atoms with Crippen LogP contribution in [0, 0.1) is 0 Å². The highest BCUT2D eigenvalue weighted by Crippen LogP contribution is 2.42. The van der Waals surface area contributed by atoms with Gasteiger partial charge in [-0.2, -0.15) is 0 Å². The van der Waals surface area contributed by atoms with E-state index in [1.807, 2.05) is 0 Å². The van der Waals surface area contributed by atoms with Crippen molar-refractivity contribution in [3.8, 4) is 28.4 Å². The van der Waals surface area contributed by atoms with Gasteiger partial charge in [-0.25, -0.2) is 9.78 Å². The van der Waals surface area contributed by atoms with Crippen molar-refractivity contribution < 1.29 is 27.8 Å². The summed E-state index contributed by atoms with van der Waals surface area (Å²) >= 11 is 0. The Morgan fingerprint density at radius 3 is 2.54 bits per heavy atom. The highest BCUT2D eigenvalue weighted by molar-refractivity contribution is 5.94. The zero-order valence-corrected chi connectivity index (χ0v) is 14.3. The lowest BCUT2D eigenvalue weighted by Gasteiger charge is -2.12. The molecular weight excluding hydrogens is 375 g/mol. The van der Waals surface area contributed by atoms with Crippen molar-refractivity contribution in [1.82, 2.24) is 14.5 Å². The monoisotopic (exact) mass is 389 g/mol. The number of ether oxygens (including phenoxy) is 1. The fourth-order valence-corrected chi connectivity index (χ4v) is 3.07. The standard InChI is InChI=1S/C19H14F3N3O3/c20-19(21,22)28-14-5-1-3-11(9-14)17-24-15(12-4-2-8-23-10-12)16(18(26)27)25(17)13-6-7-13/h1-5,8-10,13H,6-7H2,(H,26,27). The van der Waals surface area contributed by atoms with Crippen molar-refractivity contribution in [3.63, 3.8) is 0 Å². The molecule has 3 aromatic rings. The molecule has 2 heterocycles. The molecule has 144 valence electrons. The predicted molar refractivity (Wildman–Crippen MR) is 92.8 cm³/mol. The van der Waals surface area contributed by atoms with Crippen LogP contribution in [0.5, 0.6) is 5.75 Å². The van der Waals surface area contributed by atoms with Crippen LogP contribution in [0.25, 0.3) is 22.6 Å². The maximum Gasteiger partial charge on any atom is 0.573 e. The molecule has 0 radical (unpaired) electrons. The van der Waals surface area contributed by atoms with Gasteiger partial charge in [-0.05, 0) is 37.1 Å². The van der Waals surface area contributed by atoms with Gasteiger partial charge in [0.1, 0.15) is 17.3 Å². The molecule has 1 fully saturated rings. The Balaban J connectivity index is 1.88. The van der Waals surface area contributed by atoms with E-state index >= 15 is 0 Å². The molecular formula is C19H14F3N3O3. The maximum absolute atomic E-state index is 12.6. The van der Waals surface area contributed by atoms with E-state index in [1.165, 1.54) is 24.4 Å². The molecule has 0 saturated heterocycles. The summed E-state index contributed by atoms with van der Waals surface area (Å²) < 4.78 is 43.2. The van der Waals surface area contributed by atoms with E-state index in [9.17, 15) is 23.1 Å². The van der Waals surface area contributed by atoms with Gasteiger partial charge in [-0.15, -0.1) is 13.2 Å². The van der Waals surface area contributed by atoms with Crippen LogP contribution in [0.4, 0.5) is 13.2 Å². The van der Waals surface area contributed by atoms with Gasteiger partial charge < -0.3 is 14.4 Å². The van der Waals surface area contributed by atoms with Gasteiger partial charge >= 0.3 is 12.3 Å². The fraction of sp³-hybridized carbons (Fsp3) is 0.211. The van der Waals surface area contributed by atoms with Crippen LogP contribution in [-0.4, -0.2) is 32.0 Å². The van der Waals surface area contributed by atoms with Crippen molar-refractivity contribution in [2.45, 2.75) is 25.2 Å². The molecule has 1 aliphatic carbocycles. The van der Waals surface area contributed by atoms with Crippen molar-refractivity contribution in [1.29, 1.82) is 0 Å². The number of rotatable bonds is 5. The van der Waals surface area contributed by atoms with E-state index in [-0.39, 0.29) is 23.3 Å². The highest BCUT2D eigenvalue weighted by Gasteiger charge is 2.35. The lowest BCUT2D eigenvalue weighted by atomic mass is 10.1. The molecule has 1 N–H and O–H groups in total. The van der Waals surface area contributed by atoms with Gasteiger partial charge in [-0.3, -0.25) is 4.98 Å². The number of hydrogen-bond donors (Lipinski definition) is 1. The molecule has 2 aromatic heterocycles. The number of halogens is 3. The van der Waals surface area contributed by atoms with Gasteiger partial charge in [0.2, 0.25) is 0 Å². The minimum atomic E-state index is -4.82. The summed E-state index contributed by atoms with van der Waals surface area (Å²) in [6.07, 6.45) is -0.221. The molecule has 9 heteroatoms. The number of benzene rings is 1. The van der Waals surface area contributed by atoms with E-state index in [0.717, 1.165) is 12.8 Å². The van der Waals surface area contributed by atoms with Crippen LogP contribution in [0.3, 0.4) is 0 Å². The summed E-state index contributed by atoms with van der Waals surface area (Å²) in [7, 11) is 0. The smallest absolute Gasteiger partial charge is 0.477 e. The Bertz CT molecular complexity index is 1030. The van der Waals surface area contributed by atoms with Crippen molar-refractivity contribution in [2.24, 2.45) is 0 Å². The van der Waals surface area contributed by atoms with Gasteiger partial charge in [0.05, 0.1) is 0 Å². The number of hydrogen-bond acceptors (Lipinski definition) is 4. The van der Waals surface area contributed by atoms with Crippen LogP contribution in [0.2, 0.25) is 0 Å². The van der Waals surface area contributed by atoms with Crippen molar-refractivity contribution in [2.75, 3.05) is 0 Å². The normalized spacial score (nSPS) is 14.1. The van der Waals surface area contributed by atoms with E-state index in [0.29, 0.717) is 11.1 Å². The Kier molecular flexibility index (Phi) is 4.29. The van der Waals surface area contributed by atoms with Crippen LogP contribution in [-0.2, 0) is 0 Å². The summed E-state index contributed by atoms with van der Waals surface area (Å²) in [4.78, 5) is 20.5. The van der Waals surface area contributed by atoms with E-state index in [2.05, 4.69) is 14.7 Å². The van der Waals surface area contributed by atoms with Crippen molar-refractivity contribution in [3.05, 3.63) is 54.5 Å². The number of aromatic carboxylic acids is 1. The van der Waals surface area contributed by atoms with Gasteiger partial charge in [-0.1, -0.05) is 12.1 Å². The van der Waals surface area contributed by atoms with Gasteiger partial charge in [0.25, 0.3) is 0 Å². The fourth-order valence-electron chi connectivity index (χ4n) is 3.07. The largest absolute Gasteiger partial charge is 0.573 e. The Morgan fingerprint density at radius 2 is 1.93 bits per heavy atom. The van der Waals surface area contributed by atoms with Crippen LogP contribution >= 0.6 is 0 Å². The van der Waals surface area contributed by atoms with Crippen LogP contribution in [0.1, 0.15) is 29.4 Å². The lowest BCUT2D eigenvalue weighted by Crippen LogP contribution is -2.17. The molecule has 0 atom stereocenters. The minimum absolute atomic E-state index is 0.00681. The van der Waals surface area contributed by atoms with E-state index in [4.69, 9.17) is 0 Å². The molecule has 0 bridgehead atoms. The number of imidazole rings is 1. The first kappa shape index (κ1) is 18.0. The second-order valence-corrected chi connectivity index (χ2v) is 6.36. The topological polar surface area (TPSA) is 77.2 Å². The molecule has 1 saturated carbocycles.